The Balaban J connectivity index is 2.12. The molecule has 1 heterocycles. The van der Waals surface area contributed by atoms with Crippen LogP contribution < -0.4 is 0 Å². The van der Waals surface area contributed by atoms with Gasteiger partial charge in [0.1, 0.15) is 0 Å². The molecule has 0 fully saturated rings. The van der Waals surface area contributed by atoms with Crippen molar-refractivity contribution in [2.45, 2.75) is 20.4 Å². The molecule has 2 aromatic rings. The molecular formula is C16H18N2O. The Kier molecular flexibility index (Phi) is 3.95. The molecule has 0 spiro atoms. The summed E-state index contributed by atoms with van der Waals surface area (Å²) in [4.78, 5) is 18.0. The molecule has 0 radical (unpaired) electrons. The summed E-state index contributed by atoms with van der Waals surface area (Å²) in [7, 11) is 1.82. The van der Waals surface area contributed by atoms with Crippen molar-refractivity contribution in [1.29, 1.82) is 0 Å². The second kappa shape index (κ2) is 5.65. The molecule has 3 nitrogen and oxygen atoms in total. The number of amides is 1. The molecule has 2 rings (SSSR count). The first kappa shape index (κ1) is 13.3. The third-order valence-corrected chi connectivity index (χ3v) is 3.27. The summed E-state index contributed by atoms with van der Waals surface area (Å²) < 4.78 is 0. The van der Waals surface area contributed by atoms with Crippen LogP contribution in [0.1, 0.15) is 27.0 Å². The van der Waals surface area contributed by atoms with Crippen molar-refractivity contribution in [3.63, 3.8) is 0 Å². The SMILES string of the molecule is Cc1ccc(C(=O)N(C)Cc2ccncc2)cc1C. The molecular weight excluding hydrogens is 236 g/mol. The molecule has 19 heavy (non-hydrogen) atoms. The molecule has 0 N–H and O–H groups in total. The van der Waals surface area contributed by atoms with Gasteiger partial charge in [-0.1, -0.05) is 6.07 Å². The molecule has 1 aromatic carbocycles. The number of pyridine rings is 1. The van der Waals surface area contributed by atoms with E-state index in [1.807, 2.05) is 51.2 Å². The highest BCUT2D eigenvalue weighted by atomic mass is 16.2. The van der Waals surface area contributed by atoms with Gasteiger partial charge in [-0.05, 0) is 54.8 Å². The number of nitrogens with zero attached hydrogens (tertiary/aromatic N) is 2. The van der Waals surface area contributed by atoms with Crippen molar-refractivity contribution in [2.24, 2.45) is 0 Å². The van der Waals surface area contributed by atoms with E-state index in [1.54, 1.807) is 17.3 Å². The molecule has 0 aliphatic rings. The third kappa shape index (κ3) is 3.19. The Labute approximate surface area is 113 Å². The van der Waals surface area contributed by atoms with Crippen LogP contribution in [0.4, 0.5) is 0 Å². The fourth-order valence-electron chi connectivity index (χ4n) is 1.93. The van der Waals surface area contributed by atoms with Crippen molar-refractivity contribution in [1.82, 2.24) is 9.88 Å². The van der Waals surface area contributed by atoms with Gasteiger partial charge in [0.15, 0.2) is 0 Å². The Hall–Kier alpha value is -2.16. The highest BCUT2D eigenvalue weighted by Crippen LogP contribution is 2.13. The van der Waals surface area contributed by atoms with Gasteiger partial charge in [0, 0.05) is 31.5 Å². The molecule has 1 aromatic heterocycles. The van der Waals surface area contributed by atoms with E-state index in [4.69, 9.17) is 0 Å². The Morgan fingerprint density at radius 2 is 1.79 bits per heavy atom. The summed E-state index contributed by atoms with van der Waals surface area (Å²) in [5.41, 5.74) is 4.16. The molecule has 0 aliphatic carbocycles. The van der Waals surface area contributed by atoms with E-state index in [0.717, 1.165) is 16.7 Å². The molecule has 98 valence electrons. The molecule has 0 saturated carbocycles. The summed E-state index contributed by atoms with van der Waals surface area (Å²) in [5, 5.41) is 0. The first-order valence-corrected chi connectivity index (χ1v) is 6.29. The Morgan fingerprint density at radius 1 is 1.11 bits per heavy atom. The van der Waals surface area contributed by atoms with E-state index < -0.39 is 0 Å². The van der Waals surface area contributed by atoms with Gasteiger partial charge >= 0.3 is 0 Å². The highest BCUT2D eigenvalue weighted by Gasteiger charge is 2.12. The first-order valence-electron chi connectivity index (χ1n) is 6.29. The second-order valence-electron chi connectivity index (χ2n) is 4.82. The number of carbonyl (C=O) groups excluding carboxylic acids is 1. The number of rotatable bonds is 3. The van der Waals surface area contributed by atoms with E-state index in [2.05, 4.69) is 4.98 Å². The van der Waals surface area contributed by atoms with E-state index in [1.165, 1.54) is 5.56 Å². The van der Waals surface area contributed by atoms with Gasteiger partial charge in [0.25, 0.3) is 5.91 Å². The summed E-state index contributed by atoms with van der Waals surface area (Å²) in [5.74, 6) is 0.0416. The van der Waals surface area contributed by atoms with E-state index in [9.17, 15) is 4.79 Å². The topological polar surface area (TPSA) is 33.2 Å². The lowest BCUT2D eigenvalue weighted by atomic mass is 10.1. The van der Waals surface area contributed by atoms with Crippen molar-refractivity contribution in [2.75, 3.05) is 7.05 Å². The Morgan fingerprint density at radius 3 is 2.42 bits per heavy atom. The van der Waals surface area contributed by atoms with Crippen molar-refractivity contribution >= 4 is 5.91 Å². The van der Waals surface area contributed by atoms with Crippen LogP contribution in [0.3, 0.4) is 0 Å². The predicted molar refractivity (Wildman–Crippen MR) is 76.0 cm³/mol. The Bertz CT molecular complexity index is 579. The van der Waals surface area contributed by atoms with Crippen LogP contribution in [0, 0.1) is 13.8 Å². The summed E-state index contributed by atoms with van der Waals surface area (Å²) >= 11 is 0. The van der Waals surface area contributed by atoms with Gasteiger partial charge in [-0.3, -0.25) is 9.78 Å². The molecule has 0 saturated heterocycles. The maximum atomic E-state index is 12.3. The van der Waals surface area contributed by atoms with Crippen molar-refractivity contribution < 1.29 is 4.79 Å². The van der Waals surface area contributed by atoms with Crippen LogP contribution in [0.25, 0.3) is 0 Å². The quantitative estimate of drug-likeness (QED) is 0.843. The van der Waals surface area contributed by atoms with Crippen LogP contribution in [-0.4, -0.2) is 22.8 Å². The van der Waals surface area contributed by atoms with E-state index >= 15 is 0 Å². The highest BCUT2D eigenvalue weighted by molar-refractivity contribution is 5.94. The second-order valence-corrected chi connectivity index (χ2v) is 4.82. The minimum atomic E-state index is 0.0416. The van der Waals surface area contributed by atoms with Gasteiger partial charge in [0.05, 0.1) is 0 Å². The zero-order valence-corrected chi connectivity index (χ0v) is 11.6. The number of aryl methyl sites for hydroxylation is 2. The van der Waals surface area contributed by atoms with Gasteiger partial charge in [-0.2, -0.15) is 0 Å². The van der Waals surface area contributed by atoms with Gasteiger partial charge in [-0.25, -0.2) is 0 Å². The van der Waals surface area contributed by atoms with Crippen LogP contribution in [0.2, 0.25) is 0 Å². The number of hydrogen-bond acceptors (Lipinski definition) is 2. The molecule has 3 heteroatoms. The third-order valence-electron chi connectivity index (χ3n) is 3.27. The normalized spacial score (nSPS) is 10.3. The number of hydrogen-bond donors (Lipinski definition) is 0. The maximum Gasteiger partial charge on any atom is 0.253 e. The van der Waals surface area contributed by atoms with Crippen LogP contribution in [0.15, 0.2) is 42.7 Å². The van der Waals surface area contributed by atoms with Gasteiger partial charge in [-0.15, -0.1) is 0 Å². The lowest BCUT2D eigenvalue weighted by Gasteiger charge is -2.17. The summed E-state index contributed by atoms with van der Waals surface area (Å²) in [6, 6.07) is 9.66. The fraction of sp³-hybridized carbons (Fsp3) is 0.250. The average molecular weight is 254 g/mol. The van der Waals surface area contributed by atoms with Crippen molar-refractivity contribution in [3.05, 3.63) is 65.0 Å². The predicted octanol–water partition coefficient (Wildman–Crippen LogP) is 2.97. The number of aromatic nitrogens is 1. The van der Waals surface area contributed by atoms with Crippen LogP contribution >= 0.6 is 0 Å². The number of carbonyl (C=O) groups is 1. The molecule has 0 bridgehead atoms. The maximum absolute atomic E-state index is 12.3. The van der Waals surface area contributed by atoms with E-state index in [-0.39, 0.29) is 5.91 Å². The van der Waals surface area contributed by atoms with Crippen molar-refractivity contribution in [3.8, 4) is 0 Å². The molecule has 1 amide bonds. The smallest absolute Gasteiger partial charge is 0.253 e. The van der Waals surface area contributed by atoms with Gasteiger partial charge < -0.3 is 4.90 Å². The molecule has 0 aliphatic heterocycles. The minimum absolute atomic E-state index is 0.0416. The zero-order chi connectivity index (χ0) is 13.8. The van der Waals surface area contributed by atoms with E-state index in [0.29, 0.717) is 6.54 Å². The van der Waals surface area contributed by atoms with Gasteiger partial charge in [0.2, 0.25) is 0 Å². The fourth-order valence-corrected chi connectivity index (χ4v) is 1.93. The summed E-state index contributed by atoms with van der Waals surface area (Å²) in [6.45, 7) is 4.66. The molecule has 0 unspecified atom stereocenters. The van der Waals surface area contributed by atoms with Crippen LogP contribution in [-0.2, 0) is 6.54 Å². The zero-order valence-electron chi connectivity index (χ0n) is 11.6. The van der Waals surface area contributed by atoms with Crippen LogP contribution in [0.5, 0.6) is 0 Å². The lowest BCUT2D eigenvalue weighted by molar-refractivity contribution is 0.0785. The monoisotopic (exact) mass is 254 g/mol. The average Bonchev–Trinajstić information content (AvgIpc) is 2.42. The lowest BCUT2D eigenvalue weighted by Crippen LogP contribution is -2.26. The largest absolute Gasteiger partial charge is 0.337 e. The summed E-state index contributed by atoms with van der Waals surface area (Å²) in [6.07, 6.45) is 3.48. The molecule has 0 atom stereocenters. The standard InChI is InChI=1S/C16H18N2O/c1-12-4-5-15(10-13(12)2)16(19)18(3)11-14-6-8-17-9-7-14/h4-10H,11H2,1-3H3. The minimum Gasteiger partial charge on any atom is -0.337 e. The first-order chi connectivity index (χ1) is 9.08. The number of benzene rings is 1.